The minimum absolute atomic E-state index is 0.227. The highest BCUT2D eigenvalue weighted by atomic mass is 19.4. The molecule has 0 radical (unpaired) electrons. The highest BCUT2D eigenvalue weighted by Crippen LogP contribution is 2.39. The molecule has 0 bridgehead atoms. The lowest BCUT2D eigenvalue weighted by molar-refractivity contribution is -0.183. The maximum absolute atomic E-state index is 13.8. The number of halogens is 6. The summed E-state index contributed by atoms with van der Waals surface area (Å²) in [6.07, 6.45) is -0.671. The van der Waals surface area contributed by atoms with Crippen molar-refractivity contribution in [3.8, 4) is 0 Å². The zero-order valence-electron chi connectivity index (χ0n) is 39.1. The van der Waals surface area contributed by atoms with Crippen molar-refractivity contribution < 1.29 is 69.8 Å². The zero-order chi connectivity index (χ0) is 49.0. The second-order valence-electron chi connectivity index (χ2n) is 18.4. The molecule has 2 aromatic rings. The van der Waals surface area contributed by atoms with Crippen LogP contribution in [0.15, 0.2) is 60.7 Å². The van der Waals surface area contributed by atoms with Gasteiger partial charge in [-0.2, -0.15) is 26.3 Å². The summed E-state index contributed by atoms with van der Waals surface area (Å²) >= 11 is 0. The number of fused-ring (bicyclic) bond motifs is 2. The Labute approximate surface area is 378 Å². The number of hydrogen-bond donors (Lipinski definition) is 2. The number of aliphatic hydroxyl groups excluding tert-OH is 1. The summed E-state index contributed by atoms with van der Waals surface area (Å²) in [4.78, 5) is 24.6. The van der Waals surface area contributed by atoms with Crippen LogP contribution in [0, 0.1) is 51.4 Å². The number of hydrogen-bond acceptors (Lipinski definition) is 8. The van der Waals surface area contributed by atoms with E-state index in [-0.39, 0.29) is 23.1 Å². The zero-order valence-corrected chi connectivity index (χ0v) is 39.1. The highest BCUT2D eigenvalue weighted by Gasteiger charge is 2.47. The Morgan fingerprint density at radius 1 is 0.862 bits per heavy atom. The summed E-state index contributed by atoms with van der Waals surface area (Å²) in [6, 6.07) is 7.24. The highest BCUT2D eigenvalue weighted by molar-refractivity contribution is 5.95. The summed E-state index contributed by atoms with van der Waals surface area (Å²) in [5.74, 6) is -8.16. The number of benzene rings is 2. The third-order valence-corrected chi connectivity index (χ3v) is 11.6. The quantitative estimate of drug-likeness (QED) is 0.151. The van der Waals surface area contributed by atoms with Gasteiger partial charge >= 0.3 is 24.3 Å². The van der Waals surface area contributed by atoms with Gasteiger partial charge in [-0.25, -0.2) is 9.59 Å². The molecule has 5 rings (SSSR count). The Kier molecular flexibility index (Phi) is 17.3. The Morgan fingerprint density at radius 2 is 1.48 bits per heavy atom. The third kappa shape index (κ3) is 14.4. The first kappa shape index (κ1) is 53.3. The van der Waals surface area contributed by atoms with Crippen LogP contribution in [0.2, 0.25) is 0 Å². The molecule has 0 saturated carbocycles. The van der Waals surface area contributed by atoms with Gasteiger partial charge in [0.15, 0.2) is 11.6 Å². The lowest BCUT2D eigenvalue weighted by Gasteiger charge is -2.26. The first-order valence-electron chi connectivity index (χ1n) is 21.8. The molecule has 15 heteroatoms. The van der Waals surface area contributed by atoms with Gasteiger partial charge < -0.3 is 33.9 Å². The fourth-order valence-electron chi connectivity index (χ4n) is 8.66. The van der Waals surface area contributed by atoms with Crippen molar-refractivity contribution in [3.05, 3.63) is 105 Å². The van der Waals surface area contributed by atoms with Crippen LogP contribution >= 0.6 is 0 Å². The standard InChI is InChI=1S/C25H33F3O5.C25H31F3O4/c1-14-12-16(3)21(23(30)31)18(13-14)8-7-9-20-22(33-24(5,6)32-20)15(2)10-11-19(17(4)29)25(26,27)28;1-14-12-16(3)21-18(13-14)8-7-9-20-22(32-24(5,6)31-20)15(2)10-11-19(25(26,27)28)17(4)30-23(21)29/h7-8,10-13,15,17,19-20,22,29H,9H2,1-6H3,(H,30,31);7-8,10-13,15,17,19-20,22H,9H2,1-6H3/b2*8-7+,11-10-. The van der Waals surface area contributed by atoms with Gasteiger partial charge in [-0.1, -0.05) is 97.8 Å². The Morgan fingerprint density at radius 3 is 2.08 bits per heavy atom. The van der Waals surface area contributed by atoms with Gasteiger partial charge in [0.25, 0.3) is 0 Å². The van der Waals surface area contributed by atoms with Crippen LogP contribution in [-0.2, 0) is 23.7 Å². The number of carboxylic acid groups (broad SMARTS) is 1. The van der Waals surface area contributed by atoms with E-state index in [2.05, 4.69) is 0 Å². The van der Waals surface area contributed by atoms with E-state index < -0.39 is 84.1 Å². The number of cyclic esters (lactones) is 1. The number of esters is 1. The number of aliphatic hydroxyl groups is 1. The predicted molar refractivity (Wildman–Crippen MR) is 236 cm³/mol. The topological polar surface area (TPSA) is 121 Å². The Bertz CT molecular complexity index is 2120. The molecule has 2 fully saturated rings. The summed E-state index contributed by atoms with van der Waals surface area (Å²) in [7, 11) is 0. The monoisotopic (exact) mass is 922 g/mol. The van der Waals surface area contributed by atoms with Crippen LogP contribution in [-0.4, -0.2) is 82.7 Å². The fraction of sp³-hybridized carbons (Fsp3) is 0.560. The van der Waals surface area contributed by atoms with Gasteiger partial charge in [0.2, 0.25) is 0 Å². The van der Waals surface area contributed by atoms with Gasteiger partial charge in [0.05, 0.1) is 47.6 Å². The van der Waals surface area contributed by atoms with Gasteiger partial charge in [-0.15, -0.1) is 0 Å². The molecule has 0 aliphatic carbocycles. The van der Waals surface area contributed by atoms with Crippen molar-refractivity contribution in [3.63, 3.8) is 0 Å². The van der Waals surface area contributed by atoms with Crippen LogP contribution in [0.1, 0.15) is 122 Å². The maximum atomic E-state index is 13.8. The summed E-state index contributed by atoms with van der Waals surface area (Å²) < 4.78 is 110. The SMILES string of the molecule is Cc1cc(C)c(C(=O)O)c(/C=C/CC2OC(C)(C)OC2C(C)/C=C\C(C(C)O)C(F)(F)F)c1.Cc1cc(C)c2c(c1)/C=C/CC1OC(C)(C)OC1C(C)/C=C\C(C(F)(F)F)C(C)OC2=O. The molecule has 0 aromatic heterocycles. The molecular formula is C50H64F6O9. The molecule has 0 spiro atoms. The maximum Gasteiger partial charge on any atom is 0.398 e. The molecule has 65 heavy (non-hydrogen) atoms. The first-order chi connectivity index (χ1) is 29.9. The first-order valence-corrected chi connectivity index (χ1v) is 21.8. The van der Waals surface area contributed by atoms with Crippen molar-refractivity contribution in [2.75, 3.05) is 0 Å². The van der Waals surface area contributed by atoms with E-state index >= 15 is 0 Å². The van der Waals surface area contributed by atoms with Crippen LogP contribution in [0.3, 0.4) is 0 Å². The van der Waals surface area contributed by atoms with Crippen molar-refractivity contribution >= 4 is 24.1 Å². The number of carbonyl (C=O) groups excluding carboxylic acids is 1. The second kappa shape index (κ2) is 21.1. The van der Waals surface area contributed by atoms with Gasteiger partial charge in [0, 0.05) is 11.8 Å². The molecule has 360 valence electrons. The summed E-state index contributed by atoms with van der Waals surface area (Å²) in [5, 5.41) is 19.1. The van der Waals surface area contributed by atoms with Crippen LogP contribution < -0.4 is 0 Å². The van der Waals surface area contributed by atoms with Gasteiger partial charge in [-0.05, 0) is 104 Å². The van der Waals surface area contributed by atoms with Crippen molar-refractivity contribution in [2.45, 2.75) is 156 Å². The van der Waals surface area contributed by atoms with Crippen molar-refractivity contribution in [1.29, 1.82) is 0 Å². The third-order valence-electron chi connectivity index (χ3n) is 11.6. The number of carbonyl (C=O) groups is 2. The predicted octanol–water partition coefficient (Wildman–Crippen LogP) is 11.8. The number of rotatable bonds is 8. The molecule has 10 unspecified atom stereocenters. The number of ether oxygens (including phenoxy) is 5. The lowest BCUT2D eigenvalue weighted by Crippen LogP contribution is -2.35. The molecule has 3 aliphatic heterocycles. The number of carboxylic acids is 1. The van der Waals surface area contributed by atoms with E-state index in [0.717, 1.165) is 30.2 Å². The summed E-state index contributed by atoms with van der Waals surface area (Å²) in [5.41, 5.74) is 4.88. The lowest BCUT2D eigenvalue weighted by atomic mass is 9.93. The smallest absolute Gasteiger partial charge is 0.398 e. The average molecular weight is 923 g/mol. The van der Waals surface area contributed by atoms with Gasteiger partial charge in [-0.3, -0.25) is 0 Å². The van der Waals surface area contributed by atoms with E-state index in [4.69, 9.17) is 23.7 Å². The number of aromatic carboxylic acids is 1. The van der Waals surface area contributed by atoms with E-state index in [1.807, 2.05) is 38.1 Å². The minimum Gasteiger partial charge on any atom is -0.478 e. The van der Waals surface area contributed by atoms with Crippen LogP contribution in [0.5, 0.6) is 0 Å². The molecule has 2 saturated heterocycles. The summed E-state index contributed by atoms with van der Waals surface area (Å²) in [6.45, 7) is 20.3. The van der Waals surface area contributed by atoms with E-state index in [1.54, 1.807) is 79.7 Å². The molecular weight excluding hydrogens is 859 g/mol. The molecule has 9 nitrogen and oxygen atoms in total. The largest absolute Gasteiger partial charge is 0.478 e. The van der Waals surface area contributed by atoms with Gasteiger partial charge in [0.1, 0.15) is 12.0 Å². The average Bonchev–Trinajstić information content (AvgIpc) is 3.62. The van der Waals surface area contributed by atoms with E-state index in [1.165, 1.54) is 19.1 Å². The Hall–Kier alpha value is -4.28. The van der Waals surface area contributed by atoms with E-state index in [9.17, 15) is 46.1 Å². The molecule has 2 N–H and O–H groups in total. The van der Waals surface area contributed by atoms with E-state index in [0.29, 0.717) is 35.1 Å². The molecule has 3 aliphatic rings. The van der Waals surface area contributed by atoms with Crippen molar-refractivity contribution in [2.24, 2.45) is 23.7 Å². The Balaban J connectivity index is 0.000000285. The number of aryl methyl sites for hydroxylation is 4. The second-order valence-corrected chi connectivity index (χ2v) is 18.4. The molecule has 10 atom stereocenters. The molecule has 0 amide bonds. The fourth-order valence-corrected chi connectivity index (χ4v) is 8.66. The van der Waals surface area contributed by atoms with Crippen molar-refractivity contribution in [1.82, 2.24) is 0 Å². The number of alkyl halides is 6. The van der Waals surface area contributed by atoms with Crippen LogP contribution in [0.4, 0.5) is 26.3 Å². The molecule has 3 heterocycles. The van der Waals surface area contributed by atoms with Crippen LogP contribution in [0.25, 0.3) is 12.2 Å². The molecule has 2 aromatic carbocycles. The minimum atomic E-state index is -4.57. The normalized spacial score (nSPS) is 28.3.